The fourth-order valence-electron chi connectivity index (χ4n) is 3.77. The lowest BCUT2D eigenvalue weighted by molar-refractivity contribution is 0.0689. The van der Waals surface area contributed by atoms with Crippen molar-refractivity contribution < 1.29 is 9.53 Å². The van der Waals surface area contributed by atoms with Gasteiger partial charge in [-0.1, -0.05) is 0 Å². The van der Waals surface area contributed by atoms with Crippen LogP contribution in [-0.2, 0) is 11.3 Å². The lowest BCUT2D eigenvalue weighted by Crippen LogP contribution is -2.38. The molecule has 2 aliphatic heterocycles. The van der Waals surface area contributed by atoms with Gasteiger partial charge in [-0.15, -0.1) is 11.3 Å². The lowest BCUT2D eigenvalue weighted by Gasteiger charge is -2.31. The Morgan fingerprint density at radius 2 is 2.16 bits per heavy atom. The van der Waals surface area contributed by atoms with Crippen LogP contribution in [0.1, 0.15) is 52.8 Å². The molecule has 5 nitrogen and oxygen atoms in total. The molecular formula is C19H25N3O2S. The van der Waals surface area contributed by atoms with Crippen LogP contribution in [0.2, 0.25) is 0 Å². The average molecular weight is 359 g/mol. The van der Waals surface area contributed by atoms with Crippen LogP contribution in [0.3, 0.4) is 0 Å². The molecule has 4 rings (SSSR count). The maximum absolute atomic E-state index is 12.8. The molecule has 2 saturated heterocycles. The second-order valence-corrected chi connectivity index (χ2v) is 8.11. The van der Waals surface area contributed by atoms with Gasteiger partial charge in [0.05, 0.1) is 11.0 Å². The Morgan fingerprint density at radius 1 is 1.28 bits per heavy atom. The van der Waals surface area contributed by atoms with Crippen LogP contribution in [0, 0.1) is 5.92 Å². The van der Waals surface area contributed by atoms with Crippen molar-refractivity contribution in [3.63, 3.8) is 0 Å². The molecule has 1 unspecified atom stereocenters. The number of ether oxygens (including phenoxy) is 1. The first-order valence-electron chi connectivity index (χ1n) is 9.27. The maximum atomic E-state index is 12.8. The number of rotatable bonds is 5. The topological polar surface area (TPSA) is 47.4 Å². The smallest absolute Gasteiger partial charge is 0.263 e. The molecule has 2 aromatic heterocycles. The van der Waals surface area contributed by atoms with Crippen LogP contribution in [0.15, 0.2) is 30.6 Å². The molecule has 1 atom stereocenters. The molecule has 0 aliphatic carbocycles. The Kier molecular flexibility index (Phi) is 5.17. The molecule has 6 heteroatoms. The van der Waals surface area contributed by atoms with E-state index in [0.29, 0.717) is 5.92 Å². The molecule has 0 N–H and O–H groups in total. The second-order valence-electron chi connectivity index (χ2n) is 7.00. The van der Waals surface area contributed by atoms with E-state index in [2.05, 4.69) is 11.2 Å². The molecule has 4 heterocycles. The fourth-order valence-corrected chi connectivity index (χ4v) is 4.83. The Hall–Kier alpha value is -1.66. The number of aromatic nitrogens is 2. The molecule has 0 saturated carbocycles. The van der Waals surface area contributed by atoms with E-state index in [9.17, 15) is 4.79 Å². The summed E-state index contributed by atoms with van der Waals surface area (Å²) in [5, 5.41) is 4.26. The van der Waals surface area contributed by atoms with Crippen molar-refractivity contribution in [2.45, 2.75) is 44.8 Å². The number of hydrogen-bond acceptors (Lipinski definition) is 4. The van der Waals surface area contributed by atoms with Gasteiger partial charge in [-0.25, -0.2) is 0 Å². The Morgan fingerprint density at radius 3 is 2.88 bits per heavy atom. The van der Waals surface area contributed by atoms with E-state index in [1.807, 2.05) is 34.1 Å². The number of carbonyl (C=O) groups is 1. The van der Waals surface area contributed by atoms with Crippen molar-refractivity contribution in [1.29, 1.82) is 0 Å². The van der Waals surface area contributed by atoms with Gasteiger partial charge in [0, 0.05) is 43.5 Å². The van der Waals surface area contributed by atoms with Crippen molar-refractivity contribution in [2.24, 2.45) is 5.92 Å². The normalized spacial score (nSPS) is 21.8. The minimum absolute atomic E-state index is 0.194. The molecular weight excluding hydrogens is 334 g/mol. The van der Waals surface area contributed by atoms with Gasteiger partial charge in [0.2, 0.25) is 0 Å². The van der Waals surface area contributed by atoms with Gasteiger partial charge < -0.3 is 9.64 Å². The molecule has 2 fully saturated rings. The van der Waals surface area contributed by atoms with Gasteiger partial charge in [0.15, 0.2) is 0 Å². The first-order valence-corrected chi connectivity index (χ1v) is 10.1. The van der Waals surface area contributed by atoms with Crippen molar-refractivity contribution in [3.05, 3.63) is 40.3 Å². The molecule has 0 spiro atoms. The maximum Gasteiger partial charge on any atom is 0.263 e. The Bertz CT molecular complexity index is 683. The molecule has 0 aromatic carbocycles. The number of thiophene rings is 1. The minimum atomic E-state index is 0.194. The van der Waals surface area contributed by atoms with Gasteiger partial charge in [-0.05, 0) is 56.2 Å². The largest absolute Gasteiger partial charge is 0.373 e. The predicted octanol–water partition coefficient (Wildman–Crippen LogP) is 3.74. The van der Waals surface area contributed by atoms with E-state index in [4.69, 9.17) is 4.74 Å². The number of hydrogen-bond donors (Lipinski definition) is 0. The van der Waals surface area contributed by atoms with Crippen LogP contribution in [-0.4, -0.2) is 40.3 Å². The standard InChI is InChI=1S/C19H25N3O2S/c23-19(18-5-4-17(25-18)16-3-1-14-24-16)21-11-6-15(7-12-21)8-13-22-10-2-9-20-22/h2,4-5,9-10,15-16H,1,3,6-8,11-14H2. The summed E-state index contributed by atoms with van der Waals surface area (Å²) in [6.07, 6.45) is 9.58. The van der Waals surface area contributed by atoms with E-state index in [0.717, 1.165) is 63.2 Å². The lowest BCUT2D eigenvalue weighted by atomic mass is 9.93. The van der Waals surface area contributed by atoms with E-state index >= 15 is 0 Å². The third kappa shape index (κ3) is 3.96. The van der Waals surface area contributed by atoms with E-state index in [-0.39, 0.29) is 12.0 Å². The van der Waals surface area contributed by atoms with E-state index < -0.39 is 0 Å². The first-order chi connectivity index (χ1) is 12.3. The number of carbonyl (C=O) groups excluding carboxylic acids is 1. The van der Waals surface area contributed by atoms with E-state index in [1.165, 1.54) is 4.88 Å². The van der Waals surface area contributed by atoms with Crippen LogP contribution in [0.25, 0.3) is 0 Å². The second kappa shape index (κ2) is 7.70. The summed E-state index contributed by atoms with van der Waals surface area (Å²) >= 11 is 1.61. The minimum Gasteiger partial charge on any atom is -0.373 e. The Labute approximate surface area is 152 Å². The molecule has 0 radical (unpaired) electrons. The number of piperidine rings is 1. The van der Waals surface area contributed by atoms with Crippen LogP contribution in [0.5, 0.6) is 0 Å². The quantitative estimate of drug-likeness (QED) is 0.817. The van der Waals surface area contributed by atoms with Crippen molar-refractivity contribution >= 4 is 17.2 Å². The highest BCUT2D eigenvalue weighted by atomic mass is 32.1. The summed E-state index contributed by atoms with van der Waals surface area (Å²) in [6.45, 7) is 3.56. The predicted molar refractivity (Wildman–Crippen MR) is 97.7 cm³/mol. The molecule has 1 amide bonds. The fraction of sp³-hybridized carbons (Fsp3) is 0.579. The number of likely N-dealkylation sites (tertiary alicyclic amines) is 1. The van der Waals surface area contributed by atoms with E-state index in [1.54, 1.807) is 11.3 Å². The summed E-state index contributed by atoms with van der Waals surface area (Å²) in [6, 6.07) is 6.02. The first kappa shape index (κ1) is 16.8. The molecule has 2 aromatic rings. The highest BCUT2D eigenvalue weighted by Crippen LogP contribution is 2.34. The molecule has 2 aliphatic rings. The van der Waals surface area contributed by atoms with Gasteiger partial charge in [-0.2, -0.15) is 5.10 Å². The number of nitrogens with zero attached hydrogens (tertiary/aromatic N) is 3. The van der Waals surface area contributed by atoms with Crippen molar-refractivity contribution in [3.8, 4) is 0 Å². The van der Waals surface area contributed by atoms with Crippen LogP contribution >= 0.6 is 11.3 Å². The average Bonchev–Trinajstić information content (AvgIpc) is 3.42. The highest BCUT2D eigenvalue weighted by Gasteiger charge is 2.26. The highest BCUT2D eigenvalue weighted by molar-refractivity contribution is 7.14. The zero-order chi connectivity index (χ0) is 17.1. The molecule has 25 heavy (non-hydrogen) atoms. The molecule has 0 bridgehead atoms. The summed E-state index contributed by atoms with van der Waals surface area (Å²) in [7, 11) is 0. The monoisotopic (exact) mass is 359 g/mol. The summed E-state index contributed by atoms with van der Waals surface area (Å²) in [5.41, 5.74) is 0. The summed E-state index contributed by atoms with van der Waals surface area (Å²) < 4.78 is 7.72. The van der Waals surface area contributed by atoms with Gasteiger partial charge in [0.25, 0.3) is 5.91 Å². The SMILES string of the molecule is O=C(c1ccc(C2CCCO2)s1)N1CCC(CCn2cccn2)CC1. The van der Waals surface area contributed by atoms with Gasteiger partial charge in [-0.3, -0.25) is 9.48 Å². The van der Waals surface area contributed by atoms with Gasteiger partial charge >= 0.3 is 0 Å². The third-order valence-electron chi connectivity index (χ3n) is 5.31. The van der Waals surface area contributed by atoms with Gasteiger partial charge in [0.1, 0.15) is 0 Å². The molecule has 134 valence electrons. The number of aryl methyl sites for hydroxylation is 1. The summed E-state index contributed by atoms with van der Waals surface area (Å²) in [4.78, 5) is 16.8. The van der Waals surface area contributed by atoms with Crippen molar-refractivity contribution in [1.82, 2.24) is 14.7 Å². The Balaban J connectivity index is 1.27. The zero-order valence-corrected chi connectivity index (χ0v) is 15.3. The summed E-state index contributed by atoms with van der Waals surface area (Å²) in [5.74, 6) is 0.888. The number of amides is 1. The van der Waals surface area contributed by atoms with Crippen molar-refractivity contribution in [2.75, 3.05) is 19.7 Å². The van der Waals surface area contributed by atoms with Crippen LogP contribution < -0.4 is 0 Å². The van der Waals surface area contributed by atoms with Crippen LogP contribution in [0.4, 0.5) is 0 Å². The zero-order valence-electron chi connectivity index (χ0n) is 14.5. The third-order valence-corrected chi connectivity index (χ3v) is 6.48.